The first kappa shape index (κ1) is 10.3. The molecule has 0 aromatic rings. The Morgan fingerprint density at radius 1 is 1.00 bits per heavy atom. The van der Waals surface area contributed by atoms with Gasteiger partial charge in [0.2, 0.25) is 0 Å². The molecule has 0 amide bonds. The standard InChI is InChI=1S/C7H11GeI3/c9-8(10,11)7-4-5-1-2-6(7)3-5/h5-7H,1-4H2. The summed E-state index contributed by atoms with van der Waals surface area (Å²) in [4.78, 5) is 0. The van der Waals surface area contributed by atoms with Gasteiger partial charge in [0.15, 0.2) is 0 Å². The van der Waals surface area contributed by atoms with Crippen LogP contribution in [0, 0.1) is 11.8 Å². The molecular weight excluding hydrogens is 537 g/mol. The molecule has 0 aliphatic heterocycles. The van der Waals surface area contributed by atoms with Crippen molar-refractivity contribution in [2.45, 2.75) is 30.4 Å². The van der Waals surface area contributed by atoms with Gasteiger partial charge in [-0.25, -0.2) is 0 Å². The summed E-state index contributed by atoms with van der Waals surface area (Å²) in [6.45, 7) is 0. The van der Waals surface area contributed by atoms with E-state index < -0.39 is 3.34 Å². The average Bonchev–Trinajstić information content (AvgIpc) is 2.42. The number of hydrogen-bond donors (Lipinski definition) is 0. The van der Waals surface area contributed by atoms with E-state index in [4.69, 9.17) is 0 Å². The molecule has 0 spiro atoms. The zero-order chi connectivity index (χ0) is 8.06. The second-order valence-electron chi connectivity index (χ2n) is 3.82. The topological polar surface area (TPSA) is 0 Å². The molecule has 0 aromatic heterocycles. The molecule has 2 bridgehead atoms. The van der Waals surface area contributed by atoms with Crippen LogP contribution in [-0.4, -0.2) is 3.34 Å². The van der Waals surface area contributed by atoms with Gasteiger partial charge in [0, 0.05) is 0 Å². The molecule has 2 rings (SSSR count). The average molecular weight is 548 g/mol. The normalized spacial score (nSPS) is 43.4. The van der Waals surface area contributed by atoms with Gasteiger partial charge in [-0.05, 0) is 0 Å². The van der Waals surface area contributed by atoms with E-state index in [2.05, 4.69) is 60.6 Å². The molecule has 0 saturated heterocycles. The quantitative estimate of drug-likeness (QED) is 0.336. The van der Waals surface area contributed by atoms with Crippen LogP contribution in [0.3, 0.4) is 0 Å². The van der Waals surface area contributed by atoms with Gasteiger partial charge >= 0.3 is 106 Å². The maximum atomic E-state index is 2.80. The molecule has 3 atom stereocenters. The molecule has 0 heterocycles. The number of rotatable bonds is 1. The van der Waals surface area contributed by atoms with Crippen molar-refractivity contribution in [3.05, 3.63) is 0 Å². The van der Waals surface area contributed by atoms with E-state index in [1.54, 1.807) is 25.7 Å². The second kappa shape index (κ2) is 3.71. The van der Waals surface area contributed by atoms with Crippen LogP contribution in [0.4, 0.5) is 0 Å². The summed E-state index contributed by atoms with van der Waals surface area (Å²) < 4.78 is -0.154. The molecule has 0 aromatic carbocycles. The molecule has 2 aliphatic rings. The van der Waals surface area contributed by atoms with Crippen molar-refractivity contribution in [1.29, 1.82) is 0 Å². The van der Waals surface area contributed by atoms with Crippen molar-refractivity contribution in [1.82, 2.24) is 0 Å². The minimum absolute atomic E-state index is 1.15. The summed E-state index contributed by atoms with van der Waals surface area (Å²) in [6, 6.07) is 0. The summed E-state index contributed by atoms with van der Waals surface area (Å²) in [5.41, 5.74) is 0. The molecule has 2 aliphatic carbocycles. The summed E-state index contributed by atoms with van der Waals surface area (Å²) in [6.07, 6.45) is 6.31. The second-order valence-corrected chi connectivity index (χ2v) is 66.4. The van der Waals surface area contributed by atoms with Crippen LogP contribution in [0.25, 0.3) is 0 Å². The fourth-order valence-electron chi connectivity index (χ4n) is 2.65. The Kier molecular flexibility index (Phi) is 3.46. The van der Waals surface area contributed by atoms with E-state index in [-0.39, 0.29) is 0 Å². The van der Waals surface area contributed by atoms with Gasteiger partial charge in [-0.1, -0.05) is 0 Å². The first-order chi connectivity index (χ1) is 5.07. The third-order valence-corrected chi connectivity index (χ3v) is 18.9. The van der Waals surface area contributed by atoms with Gasteiger partial charge in [0.05, 0.1) is 0 Å². The Morgan fingerprint density at radius 3 is 2.00 bits per heavy atom. The van der Waals surface area contributed by atoms with Crippen molar-refractivity contribution in [3.8, 4) is 0 Å². The van der Waals surface area contributed by atoms with Gasteiger partial charge in [-0.3, -0.25) is 0 Å². The van der Waals surface area contributed by atoms with Crippen LogP contribution in [0.1, 0.15) is 25.7 Å². The third kappa shape index (κ3) is 2.22. The Hall–Kier alpha value is 2.73. The van der Waals surface area contributed by atoms with E-state index in [9.17, 15) is 0 Å². The Labute approximate surface area is 104 Å². The zero-order valence-electron chi connectivity index (χ0n) is 6.19. The number of hydrogen-bond acceptors (Lipinski definition) is 0. The number of fused-ring (bicyclic) bond motifs is 2. The maximum absolute atomic E-state index is 2.80. The fraction of sp³-hybridized carbons (Fsp3) is 1.00. The molecule has 0 nitrogen and oxygen atoms in total. The van der Waals surface area contributed by atoms with Crippen LogP contribution in [0.2, 0.25) is 4.75 Å². The molecule has 11 heavy (non-hydrogen) atoms. The molecule has 2 fully saturated rings. The summed E-state index contributed by atoms with van der Waals surface area (Å²) in [5.74, 6) is 2.31. The zero-order valence-corrected chi connectivity index (χ0v) is 14.8. The molecule has 4 heteroatoms. The monoisotopic (exact) mass is 550 g/mol. The van der Waals surface area contributed by atoms with Crippen molar-refractivity contribution in [2.75, 3.05) is 0 Å². The van der Waals surface area contributed by atoms with Gasteiger partial charge in [-0.15, -0.1) is 0 Å². The fourth-order valence-corrected chi connectivity index (χ4v) is 17.6. The van der Waals surface area contributed by atoms with E-state index in [0.717, 1.165) is 11.8 Å². The Balaban J connectivity index is 2.08. The van der Waals surface area contributed by atoms with E-state index in [1.807, 2.05) is 0 Å². The third-order valence-electron chi connectivity index (χ3n) is 3.16. The summed E-state index contributed by atoms with van der Waals surface area (Å²) in [7, 11) is 0. The molecule has 0 N–H and O–H groups in total. The van der Waals surface area contributed by atoms with Crippen LogP contribution in [0.5, 0.6) is 0 Å². The van der Waals surface area contributed by atoms with Gasteiger partial charge in [-0.2, -0.15) is 0 Å². The van der Waals surface area contributed by atoms with E-state index >= 15 is 0 Å². The first-order valence-corrected chi connectivity index (χ1v) is 24.5. The van der Waals surface area contributed by atoms with Gasteiger partial charge in [0.25, 0.3) is 0 Å². The molecule has 3 unspecified atom stereocenters. The Morgan fingerprint density at radius 2 is 1.73 bits per heavy atom. The van der Waals surface area contributed by atoms with Crippen molar-refractivity contribution < 1.29 is 0 Å². The molecule has 64 valence electrons. The van der Waals surface area contributed by atoms with Crippen LogP contribution in [0.15, 0.2) is 0 Å². The number of halogens is 3. The van der Waals surface area contributed by atoms with Crippen molar-refractivity contribution in [3.63, 3.8) is 0 Å². The Bertz CT molecular complexity index is 166. The molecule has 2 saturated carbocycles. The SMILES string of the molecule is [I][Ge]([I])([I])[CH]1CC2CCC1C2. The summed E-state index contributed by atoms with van der Waals surface area (Å²) >= 11 is 8.40. The van der Waals surface area contributed by atoms with Crippen molar-refractivity contribution >= 4 is 64.0 Å². The van der Waals surface area contributed by atoms with Gasteiger partial charge < -0.3 is 0 Å². The van der Waals surface area contributed by atoms with Crippen molar-refractivity contribution in [2.24, 2.45) is 11.8 Å². The minimum atomic E-state index is -1.34. The predicted octanol–water partition coefficient (Wildman–Crippen LogP) is 4.42. The van der Waals surface area contributed by atoms with E-state index in [1.165, 1.54) is 4.75 Å². The van der Waals surface area contributed by atoms with Crippen LogP contribution >= 0.6 is 60.6 Å². The predicted molar refractivity (Wildman–Crippen MR) is 77.0 cm³/mol. The van der Waals surface area contributed by atoms with Crippen LogP contribution in [-0.2, 0) is 0 Å². The van der Waals surface area contributed by atoms with Gasteiger partial charge in [0.1, 0.15) is 0 Å². The molecule has 0 radical (unpaired) electrons. The van der Waals surface area contributed by atoms with E-state index in [0.29, 0.717) is 0 Å². The summed E-state index contributed by atoms with van der Waals surface area (Å²) in [5, 5.41) is 0. The van der Waals surface area contributed by atoms with Crippen LogP contribution < -0.4 is 0 Å². The first-order valence-electron chi connectivity index (χ1n) is 4.14. The molecular formula is C7H11GeI3.